The molecule has 1 atom stereocenters. The third kappa shape index (κ3) is 3.14. The van der Waals surface area contributed by atoms with E-state index in [4.69, 9.17) is 9.47 Å². The van der Waals surface area contributed by atoms with Gasteiger partial charge in [0.25, 0.3) is 0 Å². The van der Waals surface area contributed by atoms with Gasteiger partial charge in [0.1, 0.15) is 0 Å². The van der Waals surface area contributed by atoms with Crippen LogP contribution in [0.15, 0.2) is 30.3 Å². The Bertz CT molecular complexity index is 587. The van der Waals surface area contributed by atoms with Crippen molar-refractivity contribution in [2.45, 2.75) is 25.9 Å². The van der Waals surface area contributed by atoms with E-state index in [1.54, 1.807) is 25.6 Å². The highest BCUT2D eigenvalue weighted by Gasteiger charge is 2.25. The number of rotatable bonds is 5. The van der Waals surface area contributed by atoms with Gasteiger partial charge in [-0.3, -0.25) is 0 Å². The summed E-state index contributed by atoms with van der Waals surface area (Å²) in [7, 11) is 3.23. The average Bonchev–Trinajstić information content (AvgIpc) is 2.85. The Hall–Kier alpha value is -1.52. The van der Waals surface area contributed by atoms with Crippen molar-refractivity contribution in [3.63, 3.8) is 0 Å². The third-order valence-corrected chi connectivity index (χ3v) is 4.52. The Morgan fingerprint density at radius 1 is 1.10 bits per heavy atom. The average molecular weight is 292 g/mol. The molecule has 0 aliphatic carbocycles. The van der Waals surface area contributed by atoms with E-state index >= 15 is 0 Å². The minimum atomic E-state index is -0.876. The molecule has 0 aliphatic rings. The molecule has 3 nitrogen and oxygen atoms in total. The van der Waals surface area contributed by atoms with E-state index in [-0.39, 0.29) is 0 Å². The second-order valence-electron chi connectivity index (χ2n) is 5.05. The van der Waals surface area contributed by atoms with Crippen molar-refractivity contribution < 1.29 is 14.6 Å². The Morgan fingerprint density at radius 2 is 1.80 bits per heavy atom. The lowest BCUT2D eigenvalue weighted by Crippen LogP contribution is -2.22. The maximum Gasteiger partial charge on any atom is 0.160 e. The molecule has 0 fully saturated rings. The zero-order chi connectivity index (χ0) is 14.8. The highest BCUT2D eigenvalue weighted by Crippen LogP contribution is 2.34. The Morgan fingerprint density at radius 3 is 2.35 bits per heavy atom. The van der Waals surface area contributed by atoms with Crippen molar-refractivity contribution in [1.82, 2.24) is 0 Å². The van der Waals surface area contributed by atoms with Crippen LogP contribution in [0.5, 0.6) is 11.5 Å². The molecule has 0 spiro atoms. The molecule has 1 heterocycles. The summed E-state index contributed by atoms with van der Waals surface area (Å²) in [6.45, 7) is 3.88. The lowest BCUT2D eigenvalue weighted by atomic mass is 9.95. The summed E-state index contributed by atoms with van der Waals surface area (Å²) in [5.74, 6) is 1.38. The van der Waals surface area contributed by atoms with Crippen molar-refractivity contribution >= 4 is 11.3 Å². The SMILES string of the molecule is COc1ccc(CC(C)(O)c2ccc(C)s2)cc1OC. The summed E-state index contributed by atoms with van der Waals surface area (Å²) in [6, 6.07) is 9.75. The van der Waals surface area contributed by atoms with E-state index < -0.39 is 5.60 Å². The van der Waals surface area contributed by atoms with Gasteiger partial charge in [0.15, 0.2) is 11.5 Å². The third-order valence-electron chi connectivity index (χ3n) is 3.27. The summed E-state index contributed by atoms with van der Waals surface area (Å²) in [6.07, 6.45) is 0.535. The van der Waals surface area contributed by atoms with Gasteiger partial charge >= 0.3 is 0 Å². The van der Waals surface area contributed by atoms with Crippen LogP contribution < -0.4 is 9.47 Å². The smallest absolute Gasteiger partial charge is 0.160 e. The van der Waals surface area contributed by atoms with Gasteiger partial charge in [0.05, 0.1) is 19.8 Å². The van der Waals surface area contributed by atoms with Crippen LogP contribution in [0.2, 0.25) is 0 Å². The summed E-state index contributed by atoms with van der Waals surface area (Å²) < 4.78 is 10.5. The van der Waals surface area contributed by atoms with Gasteiger partial charge < -0.3 is 14.6 Å². The summed E-state index contributed by atoms with van der Waals surface area (Å²) in [4.78, 5) is 2.18. The zero-order valence-corrected chi connectivity index (χ0v) is 13.1. The Labute approximate surface area is 123 Å². The van der Waals surface area contributed by atoms with E-state index in [0.717, 1.165) is 10.4 Å². The first-order chi connectivity index (χ1) is 9.46. The molecule has 0 amide bonds. The van der Waals surface area contributed by atoms with Crippen LogP contribution in [0.3, 0.4) is 0 Å². The second-order valence-corrected chi connectivity index (χ2v) is 6.34. The standard InChI is InChI=1S/C16H20O3S/c1-11-5-8-15(20-11)16(2,17)10-12-6-7-13(18-3)14(9-12)19-4/h5-9,17H,10H2,1-4H3. The summed E-state index contributed by atoms with van der Waals surface area (Å²) >= 11 is 1.63. The van der Waals surface area contributed by atoms with Gasteiger partial charge in [0.2, 0.25) is 0 Å². The molecule has 1 aromatic carbocycles. The molecule has 2 aromatic rings. The van der Waals surface area contributed by atoms with Crippen LogP contribution in [0.1, 0.15) is 22.2 Å². The van der Waals surface area contributed by atoms with Crippen LogP contribution >= 0.6 is 11.3 Å². The molecule has 1 unspecified atom stereocenters. The van der Waals surface area contributed by atoms with Crippen molar-refractivity contribution in [1.29, 1.82) is 0 Å². The molecule has 0 radical (unpaired) electrons. The summed E-state index contributed by atoms with van der Waals surface area (Å²) in [5, 5.41) is 10.7. The normalized spacial score (nSPS) is 13.8. The fraction of sp³-hybridized carbons (Fsp3) is 0.375. The maximum atomic E-state index is 10.7. The predicted molar refractivity (Wildman–Crippen MR) is 81.9 cm³/mol. The molecular weight excluding hydrogens is 272 g/mol. The minimum absolute atomic E-state index is 0.535. The fourth-order valence-electron chi connectivity index (χ4n) is 2.20. The van der Waals surface area contributed by atoms with Crippen LogP contribution in [-0.2, 0) is 12.0 Å². The number of methoxy groups -OCH3 is 2. The number of benzene rings is 1. The largest absolute Gasteiger partial charge is 0.493 e. The van der Waals surface area contributed by atoms with Gasteiger partial charge in [-0.1, -0.05) is 6.07 Å². The molecule has 2 rings (SSSR count). The number of ether oxygens (including phenoxy) is 2. The van der Waals surface area contributed by atoms with Gasteiger partial charge in [-0.2, -0.15) is 0 Å². The first-order valence-electron chi connectivity index (χ1n) is 6.46. The highest BCUT2D eigenvalue weighted by atomic mass is 32.1. The van der Waals surface area contributed by atoms with Gasteiger partial charge in [-0.25, -0.2) is 0 Å². The number of thiophene rings is 1. The molecule has 0 saturated heterocycles. The monoisotopic (exact) mass is 292 g/mol. The van der Waals surface area contributed by atoms with Gasteiger partial charge in [-0.05, 0) is 43.7 Å². The Kier molecular flexibility index (Phi) is 4.35. The Balaban J connectivity index is 2.25. The number of aliphatic hydroxyl groups is 1. The molecule has 0 saturated carbocycles. The van der Waals surface area contributed by atoms with Crippen molar-refractivity contribution in [2.24, 2.45) is 0 Å². The first-order valence-corrected chi connectivity index (χ1v) is 7.28. The van der Waals surface area contributed by atoms with Crippen molar-refractivity contribution in [3.05, 3.63) is 45.6 Å². The number of hydrogen-bond acceptors (Lipinski definition) is 4. The van der Waals surface area contributed by atoms with E-state index in [9.17, 15) is 5.11 Å². The molecule has 108 valence electrons. The molecular formula is C16H20O3S. The number of hydrogen-bond donors (Lipinski definition) is 1. The zero-order valence-electron chi connectivity index (χ0n) is 12.3. The summed E-state index contributed by atoms with van der Waals surface area (Å²) in [5.41, 5.74) is 0.136. The quantitative estimate of drug-likeness (QED) is 0.916. The molecule has 0 aliphatic heterocycles. The van der Waals surface area contributed by atoms with Crippen molar-refractivity contribution in [2.75, 3.05) is 14.2 Å². The number of aryl methyl sites for hydroxylation is 1. The first kappa shape index (κ1) is 14.9. The van der Waals surface area contributed by atoms with Crippen LogP contribution in [0.25, 0.3) is 0 Å². The minimum Gasteiger partial charge on any atom is -0.493 e. The van der Waals surface area contributed by atoms with E-state index in [2.05, 4.69) is 0 Å². The van der Waals surface area contributed by atoms with Crippen LogP contribution in [-0.4, -0.2) is 19.3 Å². The van der Waals surface area contributed by atoms with Gasteiger partial charge in [-0.15, -0.1) is 11.3 Å². The molecule has 4 heteroatoms. The fourth-order valence-corrected chi connectivity index (χ4v) is 3.11. The molecule has 1 N–H and O–H groups in total. The topological polar surface area (TPSA) is 38.7 Å². The molecule has 0 bridgehead atoms. The van der Waals surface area contributed by atoms with E-state index in [1.165, 1.54) is 4.88 Å². The lowest BCUT2D eigenvalue weighted by molar-refractivity contribution is 0.0614. The van der Waals surface area contributed by atoms with Crippen molar-refractivity contribution in [3.8, 4) is 11.5 Å². The lowest BCUT2D eigenvalue weighted by Gasteiger charge is -2.22. The highest BCUT2D eigenvalue weighted by molar-refractivity contribution is 7.12. The van der Waals surface area contributed by atoms with Crippen LogP contribution in [0.4, 0.5) is 0 Å². The van der Waals surface area contributed by atoms with E-state index in [0.29, 0.717) is 17.9 Å². The molecule has 1 aromatic heterocycles. The maximum absolute atomic E-state index is 10.7. The predicted octanol–water partition coefficient (Wildman–Crippen LogP) is 3.52. The van der Waals surface area contributed by atoms with Gasteiger partial charge in [0, 0.05) is 16.2 Å². The van der Waals surface area contributed by atoms with Crippen LogP contribution in [0, 0.1) is 6.92 Å². The second kappa shape index (κ2) is 5.85. The molecule has 20 heavy (non-hydrogen) atoms. The van der Waals surface area contributed by atoms with E-state index in [1.807, 2.05) is 44.2 Å².